The summed E-state index contributed by atoms with van der Waals surface area (Å²) in [5, 5.41) is 0. The normalized spacial score (nSPS) is 16.2. The van der Waals surface area contributed by atoms with Gasteiger partial charge in [-0.25, -0.2) is 4.98 Å². The summed E-state index contributed by atoms with van der Waals surface area (Å²) in [4.78, 5) is 11.7. The fourth-order valence-electron chi connectivity index (χ4n) is 3.22. The third-order valence-corrected chi connectivity index (χ3v) is 5.88. The van der Waals surface area contributed by atoms with Gasteiger partial charge in [0.2, 0.25) is 5.95 Å². The third kappa shape index (κ3) is 3.57. The summed E-state index contributed by atoms with van der Waals surface area (Å²) in [5.74, 6) is 0.955. The molecule has 1 aliphatic rings. The monoisotopic (exact) mass is 393 g/mol. The van der Waals surface area contributed by atoms with E-state index in [1.807, 2.05) is 6.07 Å². The first-order valence-corrected chi connectivity index (χ1v) is 9.38. The number of hydrogen-bond acceptors (Lipinski definition) is 6. The highest BCUT2D eigenvalue weighted by molar-refractivity contribution is 7.22. The van der Waals surface area contributed by atoms with E-state index in [4.69, 9.17) is 11.5 Å². The number of nitrogens with two attached hydrogens (primary N) is 2. The molecule has 0 bridgehead atoms. The van der Waals surface area contributed by atoms with Crippen LogP contribution in [-0.2, 0) is 6.18 Å². The molecule has 1 fully saturated rings. The lowest BCUT2D eigenvalue weighted by molar-refractivity contribution is -0.137. The van der Waals surface area contributed by atoms with Gasteiger partial charge in [0.1, 0.15) is 0 Å². The summed E-state index contributed by atoms with van der Waals surface area (Å²) in [6.45, 7) is 1.58. The summed E-state index contributed by atoms with van der Waals surface area (Å²) in [5.41, 5.74) is 12.6. The zero-order valence-electron chi connectivity index (χ0n) is 14.3. The molecule has 3 heterocycles. The zero-order chi connectivity index (χ0) is 19.2. The number of alkyl halides is 3. The molecule has 4 N–H and O–H groups in total. The number of hydrogen-bond donors (Lipinski definition) is 2. The van der Waals surface area contributed by atoms with Crippen molar-refractivity contribution in [3.8, 4) is 10.4 Å². The van der Waals surface area contributed by atoms with E-state index in [0.29, 0.717) is 11.1 Å². The number of benzene rings is 1. The third-order valence-electron chi connectivity index (χ3n) is 4.71. The van der Waals surface area contributed by atoms with Crippen molar-refractivity contribution in [2.24, 2.45) is 5.73 Å². The zero-order valence-corrected chi connectivity index (χ0v) is 15.1. The molecule has 0 amide bonds. The Morgan fingerprint density at radius 1 is 1.07 bits per heavy atom. The molecule has 1 aliphatic heterocycles. The lowest BCUT2D eigenvalue weighted by atomic mass is 10.1. The molecule has 0 atom stereocenters. The van der Waals surface area contributed by atoms with Crippen LogP contribution in [0.25, 0.3) is 20.7 Å². The van der Waals surface area contributed by atoms with Crippen molar-refractivity contribution < 1.29 is 13.2 Å². The van der Waals surface area contributed by atoms with Crippen molar-refractivity contribution in [2.75, 3.05) is 23.7 Å². The number of halogens is 3. The number of rotatable bonds is 2. The largest absolute Gasteiger partial charge is 0.416 e. The maximum atomic E-state index is 12.8. The number of nitrogen functional groups attached to an aromatic ring is 1. The molecule has 4 rings (SSSR count). The van der Waals surface area contributed by atoms with Crippen LogP contribution in [0.4, 0.5) is 24.9 Å². The highest BCUT2D eigenvalue weighted by atomic mass is 32.1. The molecular weight excluding hydrogens is 375 g/mol. The summed E-state index contributed by atoms with van der Waals surface area (Å²) < 4.78 is 39.2. The Morgan fingerprint density at radius 2 is 1.74 bits per heavy atom. The number of thiophene rings is 1. The van der Waals surface area contributed by atoms with Crippen molar-refractivity contribution in [1.82, 2.24) is 9.97 Å². The van der Waals surface area contributed by atoms with E-state index in [1.165, 1.54) is 23.5 Å². The van der Waals surface area contributed by atoms with E-state index >= 15 is 0 Å². The number of anilines is 2. The van der Waals surface area contributed by atoms with Gasteiger partial charge in [-0.15, -0.1) is 11.3 Å². The van der Waals surface area contributed by atoms with Crippen LogP contribution in [0.2, 0.25) is 0 Å². The number of nitrogens with zero attached hydrogens (tertiary/aromatic N) is 3. The molecule has 0 aliphatic carbocycles. The minimum Gasteiger partial charge on any atom is -0.368 e. The molecule has 0 radical (unpaired) electrons. The van der Waals surface area contributed by atoms with Crippen LogP contribution in [0.3, 0.4) is 0 Å². The van der Waals surface area contributed by atoms with Gasteiger partial charge in [0.15, 0.2) is 5.82 Å². The first-order chi connectivity index (χ1) is 12.8. The Labute approximate surface area is 157 Å². The van der Waals surface area contributed by atoms with Crippen LogP contribution >= 0.6 is 11.3 Å². The maximum absolute atomic E-state index is 12.8. The van der Waals surface area contributed by atoms with Gasteiger partial charge in [0, 0.05) is 24.0 Å². The van der Waals surface area contributed by atoms with Crippen LogP contribution in [0.5, 0.6) is 0 Å². The minimum atomic E-state index is -4.35. The molecule has 142 valence electrons. The van der Waals surface area contributed by atoms with Gasteiger partial charge in [-0.05, 0) is 36.6 Å². The first-order valence-electron chi connectivity index (χ1n) is 8.56. The smallest absolute Gasteiger partial charge is 0.368 e. The number of fused-ring (bicyclic) bond motifs is 1. The van der Waals surface area contributed by atoms with Crippen LogP contribution in [0.1, 0.15) is 18.4 Å². The van der Waals surface area contributed by atoms with Gasteiger partial charge < -0.3 is 16.4 Å². The van der Waals surface area contributed by atoms with Gasteiger partial charge in [-0.3, -0.25) is 0 Å². The second-order valence-corrected chi connectivity index (χ2v) is 7.68. The van der Waals surface area contributed by atoms with Gasteiger partial charge in [-0.2, -0.15) is 18.2 Å². The molecule has 3 aromatic rings. The van der Waals surface area contributed by atoms with Crippen molar-refractivity contribution in [1.29, 1.82) is 0 Å². The number of aromatic nitrogens is 2. The number of piperidine rings is 1. The molecule has 0 unspecified atom stereocenters. The topological polar surface area (TPSA) is 81.1 Å². The summed E-state index contributed by atoms with van der Waals surface area (Å²) in [6.07, 6.45) is -2.59. The van der Waals surface area contributed by atoms with E-state index in [2.05, 4.69) is 14.9 Å². The lowest BCUT2D eigenvalue weighted by Crippen LogP contribution is -2.40. The lowest BCUT2D eigenvalue weighted by Gasteiger charge is -2.31. The molecule has 0 saturated carbocycles. The van der Waals surface area contributed by atoms with Crippen LogP contribution < -0.4 is 16.4 Å². The van der Waals surface area contributed by atoms with Crippen molar-refractivity contribution >= 4 is 33.3 Å². The van der Waals surface area contributed by atoms with Gasteiger partial charge in [-0.1, -0.05) is 12.1 Å². The fourth-order valence-corrected chi connectivity index (χ4v) is 4.34. The van der Waals surface area contributed by atoms with Crippen molar-refractivity contribution in [2.45, 2.75) is 25.1 Å². The van der Waals surface area contributed by atoms with Crippen molar-refractivity contribution in [3.63, 3.8) is 0 Å². The van der Waals surface area contributed by atoms with Gasteiger partial charge in [0.05, 0.1) is 15.8 Å². The maximum Gasteiger partial charge on any atom is 0.416 e. The molecule has 1 aromatic carbocycles. The summed E-state index contributed by atoms with van der Waals surface area (Å²) in [7, 11) is 0. The average Bonchev–Trinajstić information content (AvgIpc) is 3.05. The standard InChI is InChI=1S/C18H18F3N5S/c19-18(20,21)11-3-1-10(2-4-11)14-9-13-15(27-14)16(25-17(23)24-13)26-7-5-12(22)6-8-26/h1-4,9,12H,5-8,22H2,(H2,23,24,25). The minimum absolute atomic E-state index is 0.184. The molecule has 5 nitrogen and oxygen atoms in total. The Morgan fingerprint density at radius 3 is 2.37 bits per heavy atom. The Balaban J connectivity index is 1.73. The van der Waals surface area contributed by atoms with Crippen LogP contribution in [0, 0.1) is 0 Å². The van der Waals surface area contributed by atoms with E-state index in [-0.39, 0.29) is 12.0 Å². The highest BCUT2D eigenvalue weighted by Crippen LogP contribution is 2.39. The van der Waals surface area contributed by atoms with Gasteiger partial charge in [0.25, 0.3) is 0 Å². The van der Waals surface area contributed by atoms with Crippen LogP contribution in [0.15, 0.2) is 30.3 Å². The predicted molar refractivity (Wildman–Crippen MR) is 102 cm³/mol. The average molecular weight is 393 g/mol. The summed E-state index contributed by atoms with van der Waals surface area (Å²) in [6, 6.07) is 7.18. The fraction of sp³-hybridized carbons (Fsp3) is 0.333. The molecular formula is C18H18F3N5S. The van der Waals surface area contributed by atoms with E-state index in [1.54, 1.807) is 0 Å². The predicted octanol–water partition coefficient (Wildman–Crippen LogP) is 3.89. The second kappa shape index (κ2) is 6.65. The molecule has 1 saturated heterocycles. The van der Waals surface area contributed by atoms with E-state index in [0.717, 1.165) is 53.5 Å². The highest BCUT2D eigenvalue weighted by Gasteiger charge is 2.30. The molecule has 9 heteroatoms. The molecule has 2 aromatic heterocycles. The first kappa shape index (κ1) is 18.0. The Kier molecular flexibility index (Phi) is 4.43. The van der Waals surface area contributed by atoms with Crippen LogP contribution in [-0.4, -0.2) is 29.1 Å². The van der Waals surface area contributed by atoms with E-state index in [9.17, 15) is 13.2 Å². The summed E-state index contributed by atoms with van der Waals surface area (Å²) >= 11 is 1.46. The van der Waals surface area contributed by atoms with E-state index < -0.39 is 11.7 Å². The quantitative estimate of drug-likeness (QED) is 0.690. The molecule has 0 spiro atoms. The SMILES string of the molecule is Nc1nc(N2CCC(N)CC2)c2sc(-c3ccc(C(F)(F)F)cc3)cc2n1. The Bertz CT molecular complexity index is 960. The Hall–Kier alpha value is -2.39. The van der Waals surface area contributed by atoms with Crippen molar-refractivity contribution in [3.05, 3.63) is 35.9 Å². The van der Waals surface area contributed by atoms with Gasteiger partial charge >= 0.3 is 6.18 Å². The molecule has 27 heavy (non-hydrogen) atoms. The second-order valence-electron chi connectivity index (χ2n) is 6.63.